The van der Waals surface area contributed by atoms with Crippen molar-refractivity contribution in [3.05, 3.63) is 48.5 Å². The van der Waals surface area contributed by atoms with Gasteiger partial charge in [0, 0.05) is 36.6 Å². The molecule has 0 aliphatic carbocycles. The summed E-state index contributed by atoms with van der Waals surface area (Å²) < 4.78 is 0. The lowest BCUT2D eigenvalue weighted by Gasteiger charge is -2.23. The van der Waals surface area contributed by atoms with Gasteiger partial charge in [-0.3, -0.25) is 19.4 Å². The number of anilines is 4. The summed E-state index contributed by atoms with van der Waals surface area (Å²) in [4.78, 5) is 38.5. The quantitative estimate of drug-likeness (QED) is 0.561. The largest absolute Gasteiger partial charge is 0.338 e. The number of rotatable bonds is 4. The number of hydrogen-bond acceptors (Lipinski definition) is 4. The van der Waals surface area contributed by atoms with Crippen molar-refractivity contribution in [3.63, 3.8) is 0 Å². The molecule has 0 bridgehead atoms. The van der Waals surface area contributed by atoms with Crippen molar-refractivity contribution in [1.29, 1.82) is 0 Å². The molecule has 2 heterocycles. The molecule has 0 aromatic heterocycles. The lowest BCUT2D eigenvalue weighted by Crippen LogP contribution is -2.43. The van der Waals surface area contributed by atoms with Gasteiger partial charge in [-0.1, -0.05) is 0 Å². The normalized spacial score (nSPS) is 19.8. The van der Waals surface area contributed by atoms with Crippen molar-refractivity contribution >= 4 is 57.9 Å². The number of benzene rings is 2. The van der Waals surface area contributed by atoms with Crippen LogP contribution in [0.2, 0.25) is 0 Å². The van der Waals surface area contributed by atoms with Gasteiger partial charge in [0.25, 0.3) is 0 Å². The van der Waals surface area contributed by atoms with Crippen LogP contribution in [-0.2, 0) is 9.59 Å². The second kappa shape index (κ2) is 7.64. The Morgan fingerprint density at radius 1 is 0.800 bits per heavy atom. The van der Waals surface area contributed by atoms with E-state index in [1.807, 2.05) is 17.0 Å². The number of thiocarbonyl (C=S) groups is 1. The average molecular weight is 424 g/mol. The van der Waals surface area contributed by atoms with Crippen LogP contribution in [0.25, 0.3) is 0 Å². The molecule has 2 aliphatic heterocycles. The fourth-order valence-electron chi connectivity index (χ4n) is 3.59. The van der Waals surface area contributed by atoms with Gasteiger partial charge in [-0.2, -0.15) is 0 Å². The zero-order valence-electron chi connectivity index (χ0n) is 16.3. The molecule has 0 radical (unpaired) electrons. The van der Waals surface area contributed by atoms with Gasteiger partial charge in [0.1, 0.15) is 12.3 Å². The summed E-state index contributed by atoms with van der Waals surface area (Å²) in [6.45, 7) is 2.89. The van der Waals surface area contributed by atoms with Gasteiger partial charge in [0.05, 0.1) is 0 Å². The number of nitrogens with one attached hydrogen (secondary N) is 4. The Hall–Kier alpha value is -3.66. The summed E-state index contributed by atoms with van der Waals surface area (Å²) in [5.74, 6) is -0.311. The van der Waals surface area contributed by atoms with E-state index in [9.17, 15) is 14.4 Å². The monoisotopic (exact) mass is 424 g/mol. The first kappa shape index (κ1) is 19.6. The van der Waals surface area contributed by atoms with Crippen LogP contribution in [-0.4, -0.2) is 35.3 Å². The smallest absolute Gasteiger partial charge is 0.325 e. The van der Waals surface area contributed by atoms with Gasteiger partial charge in [-0.05, 0) is 60.7 Å². The van der Waals surface area contributed by atoms with E-state index in [2.05, 4.69) is 21.3 Å². The van der Waals surface area contributed by atoms with Crippen LogP contribution in [0, 0.1) is 0 Å². The molecule has 0 spiro atoms. The number of carbonyl (C=O) groups is 3. The third-order valence-corrected chi connectivity index (χ3v) is 5.08. The molecular formula is C20H20N6O3S. The van der Waals surface area contributed by atoms with Crippen LogP contribution < -0.4 is 31.1 Å². The lowest BCUT2D eigenvalue weighted by atomic mass is 10.2. The molecule has 2 unspecified atom stereocenters. The summed E-state index contributed by atoms with van der Waals surface area (Å²) in [7, 11) is 0. The molecule has 2 atom stereocenters. The number of nitrogens with zero attached hydrogens (tertiary/aromatic N) is 2. The van der Waals surface area contributed by atoms with Crippen molar-refractivity contribution < 1.29 is 14.4 Å². The van der Waals surface area contributed by atoms with Crippen molar-refractivity contribution in [2.24, 2.45) is 0 Å². The van der Waals surface area contributed by atoms with Gasteiger partial charge in [-0.25, -0.2) is 4.79 Å². The highest BCUT2D eigenvalue weighted by Crippen LogP contribution is 2.32. The third-order valence-electron chi connectivity index (χ3n) is 4.77. The molecule has 9 nitrogen and oxygen atoms in total. The maximum atomic E-state index is 12.7. The first-order valence-electron chi connectivity index (χ1n) is 9.28. The number of carbonyl (C=O) groups excluding carboxylic acids is 3. The molecule has 4 amide bonds. The molecule has 2 aromatic rings. The minimum absolute atomic E-state index is 0.149. The average Bonchev–Trinajstić information content (AvgIpc) is 3.15. The molecule has 2 saturated heterocycles. The highest BCUT2D eigenvalue weighted by molar-refractivity contribution is 7.80. The summed E-state index contributed by atoms with van der Waals surface area (Å²) >= 11 is 5.51. The van der Waals surface area contributed by atoms with E-state index in [0.717, 1.165) is 5.69 Å². The molecule has 4 rings (SSSR count). The fourth-order valence-corrected chi connectivity index (χ4v) is 3.93. The van der Waals surface area contributed by atoms with Crippen molar-refractivity contribution in [1.82, 2.24) is 10.6 Å². The van der Waals surface area contributed by atoms with Crippen LogP contribution >= 0.6 is 12.2 Å². The number of amides is 4. The Balaban J connectivity index is 1.56. The minimum Gasteiger partial charge on any atom is -0.338 e. The third kappa shape index (κ3) is 3.64. The van der Waals surface area contributed by atoms with Gasteiger partial charge >= 0.3 is 6.03 Å². The van der Waals surface area contributed by atoms with Crippen molar-refractivity contribution in [2.75, 3.05) is 20.4 Å². The van der Waals surface area contributed by atoms with Gasteiger partial charge in [-0.15, -0.1) is 0 Å². The summed E-state index contributed by atoms with van der Waals surface area (Å²) in [6, 6.07) is 14.0. The minimum atomic E-state index is -0.397. The predicted octanol–water partition coefficient (Wildman–Crippen LogP) is 2.18. The Kier molecular flexibility index (Phi) is 5.00. The highest BCUT2D eigenvalue weighted by Gasteiger charge is 2.49. The summed E-state index contributed by atoms with van der Waals surface area (Å²) in [5.41, 5.74) is 2.79. The molecule has 0 saturated carbocycles. The van der Waals surface area contributed by atoms with Gasteiger partial charge < -0.3 is 21.3 Å². The first-order valence-corrected chi connectivity index (χ1v) is 9.69. The van der Waals surface area contributed by atoms with E-state index in [0.29, 0.717) is 22.2 Å². The van der Waals surface area contributed by atoms with E-state index < -0.39 is 12.3 Å². The maximum absolute atomic E-state index is 12.7. The standard InChI is InChI=1S/C20H20N6O3S/c1-11(27)21-13-3-7-15(8-4-13)25-18-17(23-19(25)29)26(20(30)24-18)16-9-5-14(6-10-16)22-12(2)28/h3-10,17-18H,1-2H3,(H,21,27)(H,22,28)(H,23,29)(H,24,30). The molecule has 4 N–H and O–H groups in total. The Bertz CT molecular complexity index is 940. The highest BCUT2D eigenvalue weighted by atomic mass is 32.1. The molecule has 154 valence electrons. The number of fused-ring (bicyclic) bond motifs is 1. The fraction of sp³-hybridized carbons (Fsp3) is 0.200. The predicted molar refractivity (Wildman–Crippen MR) is 118 cm³/mol. The van der Waals surface area contributed by atoms with E-state index >= 15 is 0 Å². The van der Waals surface area contributed by atoms with Crippen molar-refractivity contribution in [2.45, 2.75) is 26.2 Å². The maximum Gasteiger partial charge on any atom is 0.325 e. The Labute approximate surface area is 178 Å². The topological polar surface area (TPSA) is 106 Å². The number of hydrogen-bond donors (Lipinski definition) is 4. The van der Waals surface area contributed by atoms with E-state index in [1.54, 1.807) is 41.3 Å². The molecule has 2 fully saturated rings. The van der Waals surface area contributed by atoms with Crippen LogP contribution in [0.5, 0.6) is 0 Å². The summed E-state index contributed by atoms with van der Waals surface area (Å²) in [6.07, 6.45) is -0.793. The summed E-state index contributed by atoms with van der Waals surface area (Å²) in [5, 5.41) is 12.1. The molecule has 10 heteroatoms. The van der Waals surface area contributed by atoms with Crippen LogP contribution in [0.4, 0.5) is 27.5 Å². The van der Waals surface area contributed by atoms with E-state index in [4.69, 9.17) is 12.2 Å². The van der Waals surface area contributed by atoms with Crippen LogP contribution in [0.15, 0.2) is 48.5 Å². The molecule has 2 aliphatic rings. The van der Waals surface area contributed by atoms with Crippen molar-refractivity contribution in [3.8, 4) is 0 Å². The van der Waals surface area contributed by atoms with Gasteiger partial charge in [0.15, 0.2) is 5.11 Å². The van der Waals surface area contributed by atoms with Gasteiger partial charge in [0.2, 0.25) is 11.8 Å². The molecule has 2 aromatic carbocycles. The lowest BCUT2D eigenvalue weighted by molar-refractivity contribution is -0.115. The molecule has 30 heavy (non-hydrogen) atoms. The van der Waals surface area contributed by atoms with Crippen LogP contribution in [0.1, 0.15) is 13.8 Å². The zero-order chi connectivity index (χ0) is 21.4. The zero-order valence-corrected chi connectivity index (χ0v) is 17.1. The van der Waals surface area contributed by atoms with E-state index in [-0.39, 0.29) is 17.8 Å². The second-order valence-corrected chi connectivity index (χ2v) is 7.37. The number of urea groups is 1. The molecular weight excluding hydrogens is 404 g/mol. The second-order valence-electron chi connectivity index (χ2n) is 6.98. The Morgan fingerprint density at radius 2 is 1.23 bits per heavy atom. The SMILES string of the molecule is CC(=O)Nc1ccc(N2C(=O)NC3C2NC(=S)N3c2ccc(NC(C)=O)cc2)cc1. The van der Waals surface area contributed by atoms with Crippen LogP contribution in [0.3, 0.4) is 0 Å². The Morgan fingerprint density at radius 3 is 1.70 bits per heavy atom. The van der Waals surface area contributed by atoms with E-state index in [1.165, 1.54) is 13.8 Å². The first-order chi connectivity index (χ1) is 14.3.